The van der Waals surface area contributed by atoms with Gasteiger partial charge in [-0.3, -0.25) is 0 Å². The molecule has 86 heavy (non-hydrogen) atoms. The van der Waals surface area contributed by atoms with E-state index in [1.165, 1.54) is 0 Å². The average molecular weight is 1140 g/mol. The summed E-state index contributed by atoms with van der Waals surface area (Å²) in [5.74, 6) is 0. The van der Waals surface area contributed by atoms with Gasteiger partial charge in [0.2, 0.25) is 0 Å². The zero-order chi connectivity index (χ0) is 101. The highest BCUT2D eigenvalue weighted by Gasteiger charge is 2.20. The van der Waals surface area contributed by atoms with E-state index in [-0.39, 0.29) is 10.8 Å². The first-order valence-electron chi connectivity index (χ1n) is 50.9. The quantitative estimate of drug-likeness (QED) is 0.155. The highest BCUT2D eigenvalue weighted by molar-refractivity contribution is 6.23. The lowest BCUT2D eigenvalue weighted by Crippen LogP contribution is -1.90. The monoisotopic (exact) mass is 1140 g/mol. The molecule has 0 spiro atoms. The predicted octanol–water partition coefficient (Wildman–Crippen LogP) is 24.1. The minimum atomic E-state index is -1.07. The predicted molar refractivity (Wildman–Crippen MR) is 365 cm³/mol. The van der Waals surface area contributed by atoms with Crippen molar-refractivity contribution in [2.75, 3.05) is 0 Å². The van der Waals surface area contributed by atoms with Crippen LogP contribution in [0.5, 0.6) is 0 Å². The van der Waals surface area contributed by atoms with Crippen LogP contribution in [0.3, 0.4) is 0 Å². The summed E-state index contributed by atoms with van der Waals surface area (Å²) in [4.78, 5) is 0. The topological polar surface area (TPSA) is 26.3 Å². The molecular formula is C84H52O2. The van der Waals surface area contributed by atoms with Crippen LogP contribution in [-0.4, -0.2) is 0 Å². The van der Waals surface area contributed by atoms with Crippen molar-refractivity contribution in [3.63, 3.8) is 0 Å². The van der Waals surface area contributed by atoms with Gasteiger partial charge in [0.1, 0.15) is 22.3 Å². The van der Waals surface area contributed by atoms with E-state index in [1.54, 1.807) is 0 Å². The molecular weight excluding hydrogens is 1040 g/mol. The molecule has 0 amide bonds. The summed E-state index contributed by atoms with van der Waals surface area (Å²) in [5, 5.41) is -8.54. The van der Waals surface area contributed by atoms with Gasteiger partial charge in [0.25, 0.3) is 0 Å². The number of benzene rings is 16. The van der Waals surface area contributed by atoms with E-state index in [2.05, 4.69) is 0 Å². The fourth-order valence-corrected chi connectivity index (χ4v) is 10.2. The Morgan fingerprint density at radius 1 is 0.186 bits per heavy atom. The number of hydrogen-bond acceptors (Lipinski definition) is 2. The highest BCUT2D eigenvalue weighted by Crippen LogP contribution is 2.47. The zero-order valence-corrected chi connectivity index (χ0v) is 42.9. The normalized spacial score (nSPS) is 20.0. The van der Waals surface area contributed by atoms with Gasteiger partial charge < -0.3 is 8.83 Å². The second-order valence-corrected chi connectivity index (χ2v) is 18.6. The van der Waals surface area contributed by atoms with Gasteiger partial charge in [0, 0.05) is 32.3 Å². The van der Waals surface area contributed by atoms with Crippen molar-refractivity contribution in [1.29, 1.82) is 0 Å². The Hall–Kier alpha value is -11.3. The Bertz CT molecular complexity index is 8620. The molecule has 0 radical (unpaired) electrons. The van der Waals surface area contributed by atoms with E-state index in [9.17, 15) is 19.2 Å². The van der Waals surface area contributed by atoms with Crippen molar-refractivity contribution in [3.8, 4) is 66.8 Å². The summed E-state index contributed by atoms with van der Waals surface area (Å²) in [7, 11) is 0. The molecule has 2 heterocycles. The molecule has 0 N–H and O–H groups in total. The van der Waals surface area contributed by atoms with Crippen molar-refractivity contribution in [3.05, 3.63) is 314 Å². The Kier molecular flexibility index (Phi) is 4.75. The maximum absolute atomic E-state index is 9.49. The van der Waals surface area contributed by atoms with Gasteiger partial charge in [-0.15, -0.1) is 0 Å². The smallest absolute Gasteiger partial charge is 0.143 e. The van der Waals surface area contributed by atoms with Crippen molar-refractivity contribution >= 4 is 109 Å². The molecule has 0 bridgehead atoms. The molecule has 16 aromatic carbocycles. The maximum Gasteiger partial charge on any atom is 0.143 e. The molecule has 0 aliphatic rings. The standard InChI is InChI=1S/2C42H26O/c2*1-2-11-29(12-3-1)40-33-14-6-8-16-35(33)41(36-17-9-7-15-34(36)40)30-20-18-27(19-21-30)31-23-25-39-38(26-31)37-24-22-28-10-4-5-13-32(28)42(37)43-39/h2*1-26H/i1D,2D,3D,4D,5D,6D,7D,8D,9D,10D,11D,12D,13D,14D,15D,16D,17D,18D,19D,20D,21D,22D,23D,24D,25D,26D;2D,3D,4D,5D,6D,7D,8D,9D,10D,11D,12D,13D,14D,15D,16D,17D,18D,19D,20D,21D,22D,23D,24D,25D,26D. The van der Waals surface area contributed by atoms with E-state index in [4.69, 9.17) is 59.6 Å². The van der Waals surface area contributed by atoms with Crippen LogP contribution in [0.4, 0.5) is 0 Å². The third-order valence-electron chi connectivity index (χ3n) is 13.9. The Labute approximate surface area is 568 Å². The third-order valence-corrected chi connectivity index (χ3v) is 13.9. The minimum Gasteiger partial charge on any atom is -0.455 e. The molecule has 2 aromatic heterocycles. The van der Waals surface area contributed by atoms with Gasteiger partial charge in [-0.1, -0.05) is 278 Å². The van der Waals surface area contributed by atoms with Crippen LogP contribution in [0, 0.1) is 0 Å². The molecule has 2 heteroatoms. The van der Waals surface area contributed by atoms with Crippen molar-refractivity contribution in [2.24, 2.45) is 0 Å². The molecule has 0 aliphatic heterocycles. The van der Waals surface area contributed by atoms with E-state index in [0.717, 1.165) is 6.07 Å². The summed E-state index contributed by atoms with van der Waals surface area (Å²) < 4.78 is 465. The molecule has 400 valence electrons. The van der Waals surface area contributed by atoms with Gasteiger partial charge in [-0.25, -0.2) is 0 Å². The lowest BCUT2D eigenvalue weighted by Gasteiger charge is -2.18. The summed E-state index contributed by atoms with van der Waals surface area (Å²) in [6, 6.07) is -43.2. The van der Waals surface area contributed by atoms with Crippen molar-refractivity contribution in [1.82, 2.24) is 0 Å². The van der Waals surface area contributed by atoms with Crippen molar-refractivity contribution in [2.45, 2.75) is 0 Å². The average Bonchev–Trinajstić information content (AvgIpc) is 1.61. The van der Waals surface area contributed by atoms with Crippen LogP contribution >= 0.6 is 0 Å². The van der Waals surface area contributed by atoms with E-state index in [0.29, 0.717) is 0 Å². The summed E-state index contributed by atoms with van der Waals surface area (Å²) in [5.41, 5.74) is -10.6. The van der Waals surface area contributed by atoms with Crippen LogP contribution in [0.25, 0.3) is 175 Å². The first-order chi connectivity index (χ1) is 63.9. The second kappa shape index (κ2) is 20.2. The van der Waals surface area contributed by atoms with Gasteiger partial charge in [0.05, 0.1) is 69.9 Å². The lowest BCUT2D eigenvalue weighted by atomic mass is 9.86. The number of furan rings is 2. The summed E-state index contributed by atoms with van der Waals surface area (Å²) in [6.07, 6.45) is 0. The molecule has 0 unspecified atom stereocenters. The van der Waals surface area contributed by atoms with Crippen LogP contribution < -0.4 is 0 Å². The van der Waals surface area contributed by atoms with Gasteiger partial charge in [0.15, 0.2) is 0 Å². The van der Waals surface area contributed by atoms with E-state index < -0.39 is 473 Å². The molecule has 0 aliphatic carbocycles. The molecule has 2 nitrogen and oxygen atoms in total. The zero-order valence-electron chi connectivity index (χ0n) is 93.9. The van der Waals surface area contributed by atoms with E-state index in [1.807, 2.05) is 0 Å². The number of hydrogen-bond donors (Lipinski definition) is 0. The first-order valence-corrected chi connectivity index (χ1v) is 25.4. The first kappa shape index (κ1) is 20.2. The number of rotatable bonds is 6. The van der Waals surface area contributed by atoms with Crippen LogP contribution in [0.2, 0.25) is 0 Å². The summed E-state index contributed by atoms with van der Waals surface area (Å²) >= 11 is 0. The van der Waals surface area contributed by atoms with Gasteiger partial charge in [-0.2, -0.15) is 0 Å². The minimum absolute atomic E-state index is 0.365. The molecule has 18 rings (SSSR count). The van der Waals surface area contributed by atoms with Crippen LogP contribution in [0.1, 0.15) is 69.9 Å². The third kappa shape index (κ3) is 8.10. The summed E-state index contributed by atoms with van der Waals surface area (Å²) in [6.45, 7) is 0. The van der Waals surface area contributed by atoms with Crippen molar-refractivity contribution < 1.29 is 78.7 Å². The Morgan fingerprint density at radius 3 is 0.826 bits per heavy atom. The fourth-order valence-electron chi connectivity index (χ4n) is 10.2. The molecule has 0 saturated carbocycles. The lowest BCUT2D eigenvalue weighted by molar-refractivity contribution is 0.672. The molecule has 18 aromatic rings. The van der Waals surface area contributed by atoms with Gasteiger partial charge in [-0.05, 0) is 157 Å². The second-order valence-electron chi connectivity index (χ2n) is 18.6. The fraction of sp³-hybridized carbons (Fsp3) is 0. The van der Waals surface area contributed by atoms with Crippen LogP contribution in [-0.2, 0) is 0 Å². The van der Waals surface area contributed by atoms with Crippen LogP contribution in [0.15, 0.2) is 323 Å². The van der Waals surface area contributed by atoms with Gasteiger partial charge >= 0.3 is 0 Å². The number of fused-ring (bicyclic) bond motifs is 14. The Balaban J connectivity index is 0.000000190. The molecule has 0 fully saturated rings. The molecule has 0 atom stereocenters. The highest BCUT2D eigenvalue weighted by atomic mass is 16.3. The maximum atomic E-state index is 9.49. The SMILES string of the molecule is [2H]c1c([2H])c([2H])c(-c2c3c([2H])c([2H])c([2H])c([2H])c3c(-c3c([2H])c([2H])c(-c4c([2H])c([2H])c5oc6c7c([2H])c([2H])c([2H])c([2H])c7c([2H])c([2H])c6c5c4[2H])c([2H])c3[2H])c3c([2H])c([2H])c([2H])c([2H])c23)c([2H])c1[2H].[2H]c1cc([2H])c([2H])c(-c2c3c([2H])c([2H])c([2H])c([2H])c3c(-c3c([2H])c([2H])c(-c4c([2H])c([2H])c5oc6c7c([2H])c([2H])c([2H])c([2H])c7c([2H])c([2H])c6c5c4[2H])c([2H])c3[2H])c3c([2H])c([2H])c([2H])c([2H])c23)c1[2H]. The molecule has 0 saturated heterocycles. The largest absolute Gasteiger partial charge is 0.455 e. The van der Waals surface area contributed by atoms with E-state index >= 15 is 0 Å². The Morgan fingerprint density at radius 2 is 0.465 bits per heavy atom.